The summed E-state index contributed by atoms with van der Waals surface area (Å²) in [4.78, 5) is 15.4. The van der Waals surface area contributed by atoms with Gasteiger partial charge in [-0.1, -0.05) is 0 Å². The fraction of sp³-hybridized carbons (Fsp3) is 0.571. The first kappa shape index (κ1) is 17.5. The Balaban J connectivity index is 1.80. The number of amides is 1. The van der Waals surface area contributed by atoms with Gasteiger partial charge in [-0.3, -0.25) is 4.79 Å². The number of rotatable bonds is 7. The molecule has 2 heterocycles. The Bertz CT molecular complexity index is 519. The number of pyridine rings is 1. The van der Waals surface area contributed by atoms with E-state index in [-0.39, 0.29) is 24.3 Å². The zero-order valence-electron chi connectivity index (χ0n) is 12.1. The number of aromatic nitrogens is 1. The van der Waals surface area contributed by atoms with Gasteiger partial charge < -0.3 is 14.8 Å². The molecule has 0 radical (unpaired) electrons. The third-order valence-electron chi connectivity index (χ3n) is 3.19. The van der Waals surface area contributed by atoms with Gasteiger partial charge in [-0.2, -0.15) is 8.78 Å². The molecule has 1 fully saturated rings. The van der Waals surface area contributed by atoms with Crippen molar-refractivity contribution in [1.82, 2.24) is 4.98 Å². The second-order valence-electron chi connectivity index (χ2n) is 5.12. The number of carbonyl (C=O) groups is 1. The Morgan fingerprint density at radius 2 is 2.26 bits per heavy atom. The van der Waals surface area contributed by atoms with Gasteiger partial charge in [0.05, 0.1) is 24.4 Å². The molecular formula is C14H16F4N2O3. The molecule has 9 heteroatoms. The number of nitrogens with one attached hydrogen (secondary N) is 1. The molecule has 0 bridgehead atoms. The van der Waals surface area contributed by atoms with Crippen LogP contribution >= 0.6 is 0 Å². The molecule has 0 spiro atoms. The Labute approximate surface area is 130 Å². The fourth-order valence-electron chi connectivity index (χ4n) is 2.00. The maximum absolute atomic E-state index is 12.7. The predicted molar refractivity (Wildman–Crippen MR) is 72.9 cm³/mol. The van der Waals surface area contributed by atoms with Gasteiger partial charge in [0.15, 0.2) is 6.61 Å². The lowest BCUT2D eigenvalue weighted by atomic mass is 10.2. The molecule has 128 valence electrons. The predicted octanol–water partition coefficient (Wildman–Crippen LogP) is 2.87. The summed E-state index contributed by atoms with van der Waals surface area (Å²) >= 11 is 0. The number of anilines is 1. The monoisotopic (exact) mass is 336 g/mol. The summed E-state index contributed by atoms with van der Waals surface area (Å²) in [5.74, 6) is -4.73. The lowest BCUT2D eigenvalue weighted by Crippen LogP contribution is -2.33. The van der Waals surface area contributed by atoms with Gasteiger partial charge in [0, 0.05) is 12.7 Å². The number of hydrogen-bond donors (Lipinski definition) is 1. The molecule has 1 aliphatic rings. The van der Waals surface area contributed by atoms with Crippen molar-refractivity contribution in [3.05, 3.63) is 18.3 Å². The van der Waals surface area contributed by atoms with E-state index >= 15 is 0 Å². The summed E-state index contributed by atoms with van der Waals surface area (Å²) in [5, 5.41) is 2.58. The van der Waals surface area contributed by atoms with Crippen LogP contribution in [0.1, 0.15) is 19.3 Å². The molecule has 5 nitrogen and oxygen atoms in total. The summed E-state index contributed by atoms with van der Waals surface area (Å²) in [7, 11) is 0. The van der Waals surface area contributed by atoms with Gasteiger partial charge in [0.1, 0.15) is 0 Å². The Morgan fingerprint density at radius 1 is 1.48 bits per heavy atom. The summed E-state index contributed by atoms with van der Waals surface area (Å²) in [6, 6.07) is 2.60. The molecular weight excluding hydrogens is 320 g/mol. The standard InChI is InChI=1S/C14H16F4N2O3/c15-13(16)14(17,18)8-23-12-4-3-9(7-19-12)20-11(21)6-10-2-1-5-22-10/h3-4,7,10,13H,1-2,5-6,8H2,(H,20,21)/t10-/m0/s1. The number of alkyl halides is 4. The van der Waals surface area contributed by atoms with Gasteiger partial charge in [0.25, 0.3) is 0 Å². The maximum atomic E-state index is 12.7. The number of hydrogen-bond acceptors (Lipinski definition) is 4. The van der Waals surface area contributed by atoms with E-state index in [1.807, 2.05) is 0 Å². The van der Waals surface area contributed by atoms with Crippen LogP contribution in [0.3, 0.4) is 0 Å². The van der Waals surface area contributed by atoms with Crippen molar-refractivity contribution in [1.29, 1.82) is 0 Å². The first-order valence-corrected chi connectivity index (χ1v) is 7.03. The highest BCUT2D eigenvalue weighted by molar-refractivity contribution is 5.90. The van der Waals surface area contributed by atoms with Gasteiger partial charge in [-0.25, -0.2) is 13.8 Å². The van der Waals surface area contributed by atoms with Crippen LogP contribution in [0.5, 0.6) is 5.88 Å². The van der Waals surface area contributed by atoms with E-state index in [4.69, 9.17) is 4.74 Å². The molecule has 0 aromatic carbocycles. The molecule has 1 aromatic heterocycles. The molecule has 2 rings (SSSR count). The van der Waals surface area contributed by atoms with Crippen molar-refractivity contribution in [2.75, 3.05) is 18.5 Å². The molecule has 1 amide bonds. The van der Waals surface area contributed by atoms with Crippen LogP contribution in [-0.2, 0) is 9.53 Å². The van der Waals surface area contributed by atoms with E-state index in [9.17, 15) is 22.4 Å². The minimum atomic E-state index is -4.24. The van der Waals surface area contributed by atoms with Crippen molar-refractivity contribution in [3.8, 4) is 5.88 Å². The second kappa shape index (κ2) is 7.58. The van der Waals surface area contributed by atoms with Crippen LogP contribution in [0.2, 0.25) is 0 Å². The largest absolute Gasteiger partial charge is 0.471 e. The fourth-order valence-corrected chi connectivity index (χ4v) is 2.00. The average molecular weight is 336 g/mol. The number of ether oxygens (including phenoxy) is 2. The summed E-state index contributed by atoms with van der Waals surface area (Å²) in [6.07, 6.45) is -0.728. The van der Waals surface area contributed by atoms with Gasteiger partial charge >= 0.3 is 12.3 Å². The molecule has 0 aliphatic carbocycles. The minimum Gasteiger partial charge on any atom is -0.471 e. The van der Waals surface area contributed by atoms with E-state index in [1.54, 1.807) is 0 Å². The van der Waals surface area contributed by atoms with E-state index in [0.717, 1.165) is 12.8 Å². The smallest absolute Gasteiger partial charge is 0.340 e. The highest BCUT2D eigenvalue weighted by atomic mass is 19.3. The molecule has 1 aromatic rings. The van der Waals surface area contributed by atoms with Crippen molar-refractivity contribution >= 4 is 11.6 Å². The molecule has 23 heavy (non-hydrogen) atoms. The SMILES string of the molecule is O=C(C[C@@H]1CCCO1)Nc1ccc(OCC(F)(F)C(F)F)nc1. The summed E-state index contributed by atoms with van der Waals surface area (Å²) in [6.45, 7) is -0.822. The maximum Gasteiger partial charge on any atom is 0.340 e. The number of nitrogens with zero attached hydrogens (tertiary/aromatic N) is 1. The van der Waals surface area contributed by atoms with Crippen molar-refractivity contribution in [2.24, 2.45) is 0 Å². The number of carbonyl (C=O) groups excluding carboxylic acids is 1. The number of halogens is 4. The van der Waals surface area contributed by atoms with E-state index in [0.29, 0.717) is 12.3 Å². The zero-order chi connectivity index (χ0) is 16.9. The average Bonchev–Trinajstić information content (AvgIpc) is 2.99. The highest BCUT2D eigenvalue weighted by Crippen LogP contribution is 2.24. The molecule has 0 saturated carbocycles. The van der Waals surface area contributed by atoms with Crippen LogP contribution in [-0.4, -0.2) is 42.6 Å². The molecule has 0 unspecified atom stereocenters. The molecule has 1 saturated heterocycles. The van der Waals surface area contributed by atoms with Gasteiger partial charge in [-0.15, -0.1) is 0 Å². The lowest BCUT2D eigenvalue weighted by molar-refractivity contribution is -0.148. The van der Waals surface area contributed by atoms with Crippen molar-refractivity contribution in [3.63, 3.8) is 0 Å². The zero-order valence-corrected chi connectivity index (χ0v) is 12.1. The van der Waals surface area contributed by atoms with Gasteiger partial charge in [-0.05, 0) is 18.9 Å². The second-order valence-corrected chi connectivity index (χ2v) is 5.12. The van der Waals surface area contributed by atoms with Crippen LogP contribution in [0, 0.1) is 0 Å². The topological polar surface area (TPSA) is 60.5 Å². The Hall–Kier alpha value is -1.90. The first-order valence-electron chi connectivity index (χ1n) is 7.03. The van der Waals surface area contributed by atoms with E-state index < -0.39 is 19.0 Å². The van der Waals surface area contributed by atoms with Crippen LogP contribution < -0.4 is 10.1 Å². The quantitative estimate of drug-likeness (QED) is 0.778. The first-order chi connectivity index (χ1) is 10.9. The third-order valence-corrected chi connectivity index (χ3v) is 3.19. The highest BCUT2D eigenvalue weighted by Gasteiger charge is 2.41. The molecule has 1 N–H and O–H groups in total. The van der Waals surface area contributed by atoms with Gasteiger partial charge in [0.2, 0.25) is 11.8 Å². The third kappa shape index (κ3) is 5.34. The normalized spacial score (nSPS) is 18.2. The van der Waals surface area contributed by atoms with Crippen LogP contribution in [0.15, 0.2) is 18.3 Å². The van der Waals surface area contributed by atoms with Crippen molar-refractivity contribution in [2.45, 2.75) is 37.7 Å². The summed E-state index contributed by atoms with van der Waals surface area (Å²) < 4.78 is 59.2. The minimum absolute atomic E-state index is 0.0952. The molecule has 1 aliphatic heterocycles. The molecule has 1 atom stereocenters. The van der Waals surface area contributed by atoms with E-state index in [1.165, 1.54) is 18.3 Å². The van der Waals surface area contributed by atoms with E-state index in [2.05, 4.69) is 15.0 Å². The summed E-state index contributed by atoms with van der Waals surface area (Å²) in [5.41, 5.74) is 0.348. The van der Waals surface area contributed by atoms with Crippen LogP contribution in [0.25, 0.3) is 0 Å². The van der Waals surface area contributed by atoms with Crippen LogP contribution in [0.4, 0.5) is 23.2 Å². The Kier molecular flexibility index (Phi) is 5.75. The van der Waals surface area contributed by atoms with Crippen molar-refractivity contribution < 1.29 is 31.8 Å². The lowest BCUT2D eigenvalue weighted by Gasteiger charge is -2.15. The Morgan fingerprint density at radius 3 is 2.83 bits per heavy atom.